The molecule has 0 aliphatic carbocycles. The third-order valence-electron chi connectivity index (χ3n) is 17.0. The van der Waals surface area contributed by atoms with E-state index in [2.05, 4.69) is 34.6 Å². The van der Waals surface area contributed by atoms with Gasteiger partial charge >= 0.3 is 39.5 Å². The van der Waals surface area contributed by atoms with Gasteiger partial charge in [0.25, 0.3) is 0 Å². The number of aliphatic hydroxyl groups excluding tert-OH is 1. The molecule has 0 bridgehead atoms. The van der Waals surface area contributed by atoms with Crippen LogP contribution in [-0.4, -0.2) is 96.7 Å². The lowest BCUT2D eigenvalue weighted by atomic mass is 10.0. The highest BCUT2D eigenvalue weighted by Crippen LogP contribution is 2.45. The Hall–Kier alpha value is -1.94. The predicted molar refractivity (Wildman–Crippen MR) is 372 cm³/mol. The van der Waals surface area contributed by atoms with Gasteiger partial charge < -0.3 is 33.8 Å². The largest absolute Gasteiger partial charge is 0.472 e. The predicted octanol–water partition coefficient (Wildman–Crippen LogP) is 21.3. The van der Waals surface area contributed by atoms with E-state index in [9.17, 15) is 43.2 Å². The highest BCUT2D eigenvalue weighted by molar-refractivity contribution is 7.47. The Morgan fingerprint density at radius 1 is 0.293 bits per heavy atom. The molecule has 0 aromatic rings. The Kier molecular flexibility index (Phi) is 64.9. The third kappa shape index (κ3) is 66.7. The third-order valence-corrected chi connectivity index (χ3v) is 18.9. The number of hydrogen-bond acceptors (Lipinski definition) is 15. The summed E-state index contributed by atoms with van der Waals surface area (Å²) in [6.07, 6.45) is 53.9. The average molecular weight is 1350 g/mol. The van der Waals surface area contributed by atoms with Crippen LogP contribution in [0, 0.1) is 5.92 Å². The van der Waals surface area contributed by atoms with E-state index in [1.54, 1.807) is 0 Å². The van der Waals surface area contributed by atoms with Crippen LogP contribution in [0.25, 0.3) is 0 Å². The summed E-state index contributed by atoms with van der Waals surface area (Å²) in [5.74, 6) is -1.33. The molecule has 0 aliphatic rings. The summed E-state index contributed by atoms with van der Waals surface area (Å²) in [4.78, 5) is 72.6. The number of aliphatic hydroxyl groups is 1. The molecular formula is C73H142O17P2. The summed E-state index contributed by atoms with van der Waals surface area (Å²) in [5.41, 5.74) is 0. The minimum Gasteiger partial charge on any atom is -0.462 e. The first-order valence-corrected chi connectivity index (χ1v) is 41.1. The SMILES string of the molecule is CCCCCCCCCCCCCCCCCC(=O)OC[C@H](COP(=O)(O)OC[C@@H](O)COP(=O)(O)OC[C@@H](COC(=O)CCCCCCCCCCC)OC(=O)CCCCCCCCCCCCCC)OC(=O)CCCCCCCCCCCCCCCC(C)C. The quantitative estimate of drug-likeness (QED) is 0.0222. The van der Waals surface area contributed by atoms with E-state index in [1.807, 2.05) is 0 Å². The van der Waals surface area contributed by atoms with Crippen LogP contribution in [0.15, 0.2) is 0 Å². The smallest absolute Gasteiger partial charge is 0.462 e. The Morgan fingerprint density at radius 3 is 0.739 bits per heavy atom. The lowest BCUT2D eigenvalue weighted by Crippen LogP contribution is -2.30. The fraction of sp³-hybridized carbons (Fsp3) is 0.945. The van der Waals surface area contributed by atoms with Gasteiger partial charge in [-0.2, -0.15) is 0 Å². The van der Waals surface area contributed by atoms with Crippen LogP contribution in [0.2, 0.25) is 0 Å². The molecule has 19 heteroatoms. The Bertz CT molecular complexity index is 1770. The number of phosphoric acid groups is 2. The van der Waals surface area contributed by atoms with E-state index in [0.29, 0.717) is 25.7 Å². The van der Waals surface area contributed by atoms with Crippen LogP contribution in [0.3, 0.4) is 0 Å². The van der Waals surface area contributed by atoms with E-state index in [0.717, 1.165) is 95.8 Å². The number of unbranched alkanes of at least 4 members (excludes halogenated alkanes) is 45. The van der Waals surface area contributed by atoms with Crippen molar-refractivity contribution in [3.05, 3.63) is 0 Å². The van der Waals surface area contributed by atoms with Crippen molar-refractivity contribution in [1.29, 1.82) is 0 Å². The van der Waals surface area contributed by atoms with Crippen LogP contribution in [0.4, 0.5) is 0 Å². The number of carbonyl (C=O) groups excluding carboxylic acids is 4. The van der Waals surface area contributed by atoms with Crippen molar-refractivity contribution in [2.45, 2.75) is 400 Å². The highest BCUT2D eigenvalue weighted by Gasteiger charge is 2.30. The molecule has 3 N–H and O–H groups in total. The number of hydrogen-bond donors (Lipinski definition) is 3. The van der Waals surface area contributed by atoms with E-state index < -0.39 is 97.5 Å². The summed E-state index contributed by atoms with van der Waals surface area (Å²) in [6, 6.07) is 0. The van der Waals surface area contributed by atoms with Gasteiger partial charge in [0.2, 0.25) is 0 Å². The normalized spacial score (nSPS) is 14.0. The molecule has 0 heterocycles. The van der Waals surface area contributed by atoms with Gasteiger partial charge in [0.05, 0.1) is 26.4 Å². The molecule has 0 aromatic heterocycles. The van der Waals surface area contributed by atoms with E-state index in [4.69, 9.17) is 37.0 Å². The van der Waals surface area contributed by atoms with Gasteiger partial charge in [-0.25, -0.2) is 9.13 Å². The molecule has 0 amide bonds. The molecule has 0 radical (unpaired) electrons. The van der Waals surface area contributed by atoms with Gasteiger partial charge in [0.15, 0.2) is 12.2 Å². The summed E-state index contributed by atoms with van der Waals surface area (Å²) in [5, 5.41) is 10.6. The second-order valence-electron chi connectivity index (χ2n) is 26.8. The van der Waals surface area contributed by atoms with Crippen molar-refractivity contribution in [2.24, 2.45) is 5.92 Å². The zero-order chi connectivity index (χ0) is 67.7. The summed E-state index contributed by atoms with van der Waals surface area (Å²) >= 11 is 0. The van der Waals surface area contributed by atoms with Crippen molar-refractivity contribution < 1.29 is 80.2 Å². The molecule has 0 saturated carbocycles. The van der Waals surface area contributed by atoms with Crippen LogP contribution in [-0.2, 0) is 65.4 Å². The van der Waals surface area contributed by atoms with Crippen molar-refractivity contribution in [3.63, 3.8) is 0 Å². The van der Waals surface area contributed by atoms with E-state index in [-0.39, 0.29) is 25.7 Å². The van der Waals surface area contributed by atoms with Crippen molar-refractivity contribution >= 4 is 39.5 Å². The molecule has 0 saturated heterocycles. The molecule has 2 unspecified atom stereocenters. The summed E-state index contributed by atoms with van der Waals surface area (Å²) in [6.45, 7) is 7.28. The maximum Gasteiger partial charge on any atom is 0.472 e. The molecule has 0 aliphatic heterocycles. The fourth-order valence-corrected chi connectivity index (χ4v) is 12.8. The van der Waals surface area contributed by atoms with E-state index in [1.165, 1.54) is 205 Å². The zero-order valence-corrected chi connectivity index (χ0v) is 61.5. The maximum atomic E-state index is 13.1. The van der Waals surface area contributed by atoms with Gasteiger partial charge in [-0.1, -0.05) is 330 Å². The van der Waals surface area contributed by atoms with Crippen molar-refractivity contribution in [1.82, 2.24) is 0 Å². The van der Waals surface area contributed by atoms with Crippen LogP contribution >= 0.6 is 15.6 Å². The van der Waals surface area contributed by atoms with Gasteiger partial charge in [-0.15, -0.1) is 0 Å². The van der Waals surface area contributed by atoms with Crippen LogP contribution in [0.1, 0.15) is 381 Å². The fourth-order valence-electron chi connectivity index (χ4n) is 11.2. The Labute approximate surface area is 562 Å². The standard InChI is InChI=1S/C73H142O17P2/c1-6-9-12-15-18-21-23-25-26-29-33-37-42-47-52-57-71(76)84-63-69(90-73(78)59-54-49-44-39-34-30-27-28-31-36-40-45-50-55-66(4)5)65-88-92(81,82)86-61-67(74)60-85-91(79,80)87-64-68(62-83-70(75)56-51-46-41-35-20-17-14-11-8-3)89-72(77)58-53-48-43-38-32-24-22-19-16-13-10-7-2/h66-69,74H,6-65H2,1-5H3,(H,79,80)(H,81,82)/t67-,68+,69+/m0/s1. The zero-order valence-electron chi connectivity index (χ0n) is 59.7. The number of esters is 4. The summed E-state index contributed by atoms with van der Waals surface area (Å²) in [7, 11) is -9.90. The molecule has 0 spiro atoms. The van der Waals surface area contributed by atoms with Crippen molar-refractivity contribution in [3.8, 4) is 0 Å². The number of ether oxygens (including phenoxy) is 4. The number of carbonyl (C=O) groups is 4. The first-order valence-electron chi connectivity index (χ1n) is 38.1. The van der Waals surface area contributed by atoms with Gasteiger partial charge in [-0.05, 0) is 31.6 Å². The number of rotatable bonds is 73. The van der Waals surface area contributed by atoms with Gasteiger partial charge in [-0.3, -0.25) is 37.3 Å². The minimum atomic E-state index is -4.95. The number of phosphoric ester groups is 2. The second kappa shape index (κ2) is 66.3. The molecule has 546 valence electrons. The minimum absolute atomic E-state index is 0.108. The van der Waals surface area contributed by atoms with Crippen LogP contribution < -0.4 is 0 Å². The highest BCUT2D eigenvalue weighted by atomic mass is 31.2. The summed E-state index contributed by atoms with van der Waals surface area (Å²) < 4.78 is 68.4. The molecule has 92 heavy (non-hydrogen) atoms. The second-order valence-corrected chi connectivity index (χ2v) is 29.7. The average Bonchev–Trinajstić information content (AvgIpc) is 1.53. The molecule has 5 atom stereocenters. The van der Waals surface area contributed by atoms with Gasteiger partial charge in [0, 0.05) is 25.7 Å². The molecule has 17 nitrogen and oxygen atoms in total. The maximum absolute atomic E-state index is 13.1. The van der Waals surface area contributed by atoms with Crippen LogP contribution in [0.5, 0.6) is 0 Å². The van der Waals surface area contributed by atoms with E-state index >= 15 is 0 Å². The monoisotopic (exact) mass is 1350 g/mol. The lowest BCUT2D eigenvalue weighted by molar-refractivity contribution is -0.161. The first kappa shape index (κ1) is 90.1. The van der Waals surface area contributed by atoms with Crippen molar-refractivity contribution in [2.75, 3.05) is 39.6 Å². The Balaban J connectivity index is 5.23. The molecule has 0 fully saturated rings. The lowest BCUT2D eigenvalue weighted by Gasteiger charge is -2.21. The molecule has 0 rings (SSSR count). The topological polar surface area (TPSA) is 237 Å². The molecule has 0 aromatic carbocycles. The Morgan fingerprint density at radius 2 is 0.500 bits per heavy atom. The first-order chi connectivity index (χ1) is 44.5. The van der Waals surface area contributed by atoms with Gasteiger partial charge in [0.1, 0.15) is 19.3 Å². The molecular weight excluding hydrogens is 1210 g/mol.